The molecule has 0 saturated heterocycles. The van der Waals surface area contributed by atoms with E-state index < -0.39 is 0 Å². The normalized spacial score (nSPS) is 18.1. The molecule has 0 radical (unpaired) electrons. The Morgan fingerprint density at radius 1 is 1.29 bits per heavy atom. The molecule has 7 nitrogen and oxygen atoms in total. The number of anilines is 1. The third-order valence-corrected chi connectivity index (χ3v) is 4.88. The maximum atomic E-state index is 12.2. The van der Waals surface area contributed by atoms with Gasteiger partial charge >= 0.3 is 0 Å². The van der Waals surface area contributed by atoms with Crippen molar-refractivity contribution < 1.29 is 4.79 Å². The second-order valence-electron chi connectivity index (χ2n) is 6.68. The van der Waals surface area contributed by atoms with Crippen molar-refractivity contribution in [2.45, 2.75) is 51.7 Å². The quantitative estimate of drug-likeness (QED) is 0.778. The number of amides is 1. The number of aromatic nitrogens is 4. The molecule has 3 rings (SSSR count). The van der Waals surface area contributed by atoms with E-state index in [-0.39, 0.29) is 24.5 Å². The second kappa shape index (κ2) is 7.17. The molecule has 7 heteroatoms. The summed E-state index contributed by atoms with van der Waals surface area (Å²) in [6.07, 6.45) is 7.93. The van der Waals surface area contributed by atoms with Gasteiger partial charge in [-0.2, -0.15) is 10.2 Å². The van der Waals surface area contributed by atoms with Gasteiger partial charge in [0, 0.05) is 24.5 Å². The molecular formula is C17H26N6O. The maximum Gasteiger partial charge on any atom is 0.239 e. The van der Waals surface area contributed by atoms with Crippen LogP contribution in [-0.4, -0.2) is 38.1 Å². The zero-order chi connectivity index (χ0) is 17.1. The molecule has 0 aromatic carbocycles. The molecule has 3 atom stereocenters. The number of rotatable bonds is 8. The van der Waals surface area contributed by atoms with Crippen molar-refractivity contribution in [2.24, 2.45) is 5.92 Å². The fourth-order valence-electron chi connectivity index (χ4n) is 2.88. The molecule has 2 aromatic heterocycles. The lowest BCUT2D eigenvalue weighted by atomic mass is 10.2. The maximum absolute atomic E-state index is 12.2. The fourth-order valence-corrected chi connectivity index (χ4v) is 2.88. The predicted molar refractivity (Wildman–Crippen MR) is 92.7 cm³/mol. The highest BCUT2D eigenvalue weighted by Gasteiger charge is 2.30. The van der Waals surface area contributed by atoms with Gasteiger partial charge in [0.25, 0.3) is 0 Å². The minimum atomic E-state index is -0.0562. The number of nitrogens with zero attached hydrogens (tertiary/aromatic N) is 4. The van der Waals surface area contributed by atoms with Gasteiger partial charge in [-0.05, 0) is 45.6 Å². The first kappa shape index (κ1) is 16.7. The molecule has 1 aliphatic carbocycles. The summed E-state index contributed by atoms with van der Waals surface area (Å²) < 4.78 is 3.81. The molecule has 2 aromatic rings. The molecule has 0 unspecified atom stereocenters. The van der Waals surface area contributed by atoms with Crippen LogP contribution in [0.1, 0.15) is 45.7 Å². The molecule has 2 heterocycles. The Morgan fingerprint density at radius 3 is 2.75 bits per heavy atom. The van der Waals surface area contributed by atoms with Crippen LogP contribution in [0.25, 0.3) is 0 Å². The highest BCUT2D eigenvalue weighted by molar-refractivity contribution is 5.91. The number of carbonyl (C=O) groups excluding carboxylic acids is 1. The lowest BCUT2D eigenvalue weighted by Crippen LogP contribution is -2.39. The Kier molecular flexibility index (Phi) is 4.99. The van der Waals surface area contributed by atoms with Crippen LogP contribution in [0.15, 0.2) is 30.7 Å². The van der Waals surface area contributed by atoms with Gasteiger partial charge in [0.2, 0.25) is 5.91 Å². The van der Waals surface area contributed by atoms with Gasteiger partial charge in [0.05, 0.1) is 24.8 Å². The molecule has 0 bridgehead atoms. The third kappa shape index (κ3) is 3.84. The smallest absolute Gasteiger partial charge is 0.239 e. The summed E-state index contributed by atoms with van der Waals surface area (Å²) in [7, 11) is 0. The molecule has 1 amide bonds. The van der Waals surface area contributed by atoms with E-state index in [1.165, 1.54) is 12.8 Å². The summed E-state index contributed by atoms with van der Waals surface area (Å²) in [5.74, 6) is 1.40. The lowest BCUT2D eigenvalue weighted by Gasteiger charge is -2.21. The minimum absolute atomic E-state index is 0.0562. The van der Waals surface area contributed by atoms with Crippen LogP contribution < -0.4 is 10.6 Å². The number of hydrogen-bond acceptors (Lipinski definition) is 4. The molecule has 130 valence electrons. The zero-order valence-corrected chi connectivity index (χ0v) is 14.5. The first-order valence-corrected chi connectivity index (χ1v) is 8.62. The Morgan fingerprint density at radius 2 is 2.08 bits per heavy atom. The standard InChI is InChI=1S/C17H26N6O/c1-12(13(2)22-10-4-8-19-22)18-11-17(24)21-16-7-9-20-23(16)14(3)15-5-6-15/h4,7-10,12-15,18H,5-6,11H2,1-3H3,(H,21,24)/t12-,13+,14+/m0/s1. The average molecular weight is 330 g/mol. The highest BCUT2D eigenvalue weighted by Crippen LogP contribution is 2.40. The van der Waals surface area contributed by atoms with Crippen molar-refractivity contribution >= 4 is 11.7 Å². The molecular weight excluding hydrogens is 304 g/mol. The molecule has 2 N–H and O–H groups in total. The van der Waals surface area contributed by atoms with Crippen LogP contribution in [0.3, 0.4) is 0 Å². The van der Waals surface area contributed by atoms with Gasteiger partial charge in [-0.25, -0.2) is 4.68 Å². The van der Waals surface area contributed by atoms with Crippen molar-refractivity contribution in [3.63, 3.8) is 0 Å². The van der Waals surface area contributed by atoms with E-state index >= 15 is 0 Å². The van der Waals surface area contributed by atoms with E-state index in [1.54, 1.807) is 12.4 Å². The fraction of sp³-hybridized carbons (Fsp3) is 0.588. The topological polar surface area (TPSA) is 76.8 Å². The van der Waals surface area contributed by atoms with Crippen LogP contribution in [0.5, 0.6) is 0 Å². The first-order valence-electron chi connectivity index (χ1n) is 8.62. The van der Waals surface area contributed by atoms with Gasteiger partial charge in [-0.3, -0.25) is 9.48 Å². The van der Waals surface area contributed by atoms with E-state index in [2.05, 4.69) is 41.6 Å². The highest BCUT2D eigenvalue weighted by atomic mass is 16.2. The van der Waals surface area contributed by atoms with Gasteiger partial charge in [-0.1, -0.05) is 0 Å². The summed E-state index contributed by atoms with van der Waals surface area (Å²) >= 11 is 0. The lowest BCUT2D eigenvalue weighted by molar-refractivity contribution is -0.115. The summed E-state index contributed by atoms with van der Waals surface area (Å²) in [6, 6.07) is 4.39. The summed E-state index contributed by atoms with van der Waals surface area (Å²) in [4.78, 5) is 12.2. The third-order valence-electron chi connectivity index (χ3n) is 4.88. The summed E-state index contributed by atoms with van der Waals surface area (Å²) in [5.41, 5.74) is 0. The van der Waals surface area contributed by atoms with Gasteiger partial charge in [0.1, 0.15) is 5.82 Å². The first-order chi connectivity index (χ1) is 11.6. The number of carbonyl (C=O) groups is 1. The van der Waals surface area contributed by atoms with E-state index in [9.17, 15) is 4.79 Å². The van der Waals surface area contributed by atoms with Crippen LogP contribution in [0.4, 0.5) is 5.82 Å². The number of nitrogens with one attached hydrogen (secondary N) is 2. The van der Waals surface area contributed by atoms with Crippen molar-refractivity contribution in [3.05, 3.63) is 30.7 Å². The van der Waals surface area contributed by atoms with Crippen molar-refractivity contribution in [1.82, 2.24) is 24.9 Å². The Hall–Kier alpha value is -2.15. The van der Waals surface area contributed by atoms with E-state index in [1.807, 2.05) is 27.7 Å². The Labute approximate surface area is 142 Å². The minimum Gasteiger partial charge on any atom is -0.310 e. The molecule has 0 aliphatic heterocycles. The molecule has 1 fully saturated rings. The van der Waals surface area contributed by atoms with Crippen LogP contribution in [-0.2, 0) is 4.79 Å². The van der Waals surface area contributed by atoms with Crippen molar-refractivity contribution in [3.8, 4) is 0 Å². The largest absolute Gasteiger partial charge is 0.310 e. The van der Waals surface area contributed by atoms with Crippen LogP contribution >= 0.6 is 0 Å². The van der Waals surface area contributed by atoms with Crippen LogP contribution in [0.2, 0.25) is 0 Å². The summed E-state index contributed by atoms with van der Waals surface area (Å²) in [5, 5.41) is 14.8. The van der Waals surface area contributed by atoms with E-state index in [0.29, 0.717) is 12.0 Å². The average Bonchev–Trinajstić information content (AvgIpc) is 3.09. The van der Waals surface area contributed by atoms with Gasteiger partial charge in [-0.15, -0.1) is 0 Å². The number of hydrogen-bond donors (Lipinski definition) is 2. The van der Waals surface area contributed by atoms with Gasteiger partial charge < -0.3 is 10.6 Å². The molecule has 0 spiro atoms. The monoisotopic (exact) mass is 330 g/mol. The van der Waals surface area contributed by atoms with Gasteiger partial charge in [0.15, 0.2) is 0 Å². The molecule has 1 saturated carbocycles. The molecule has 24 heavy (non-hydrogen) atoms. The Bertz CT molecular complexity index is 660. The second-order valence-corrected chi connectivity index (χ2v) is 6.68. The van der Waals surface area contributed by atoms with E-state index in [0.717, 1.165) is 5.82 Å². The Balaban J connectivity index is 1.50. The molecule has 1 aliphatic rings. The SMILES string of the molecule is C[C@H](NCC(=O)Nc1ccnn1[C@H](C)C1CC1)[C@@H](C)n1cccn1. The zero-order valence-electron chi connectivity index (χ0n) is 14.5. The predicted octanol–water partition coefficient (Wildman–Crippen LogP) is 2.23. The van der Waals surface area contributed by atoms with Crippen molar-refractivity contribution in [1.29, 1.82) is 0 Å². The van der Waals surface area contributed by atoms with E-state index in [4.69, 9.17) is 0 Å². The summed E-state index contributed by atoms with van der Waals surface area (Å²) in [6.45, 7) is 6.55. The van der Waals surface area contributed by atoms with Crippen LogP contribution in [0, 0.1) is 5.92 Å². The van der Waals surface area contributed by atoms with Crippen molar-refractivity contribution in [2.75, 3.05) is 11.9 Å².